The highest BCUT2D eigenvalue weighted by molar-refractivity contribution is 9.10. The minimum atomic E-state index is -5.84. The second kappa shape index (κ2) is 10.7. The van der Waals surface area contributed by atoms with Crippen LogP contribution in [0.15, 0.2) is 58.1 Å². The zero-order valence-electron chi connectivity index (χ0n) is 17.4. The number of nitro groups is 1. The van der Waals surface area contributed by atoms with Gasteiger partial charge in [-0.1, -0.05) is 40.2 Å². The van der Waals surface area contributed by atoms with Crippen molar-refractivity contribution in [3.63, 3.8) is 0 Å². The molecular weight excluding hydrogens is 568 g/mol. The van der Waals surface area contributed by atoms with Crippen molar-refractivity contribution < 1.29 is 36.0 Å². The van der Waals surface area contributed by atoms with E-state index in [0.717, 1.165) is 10.5 Å². The minimum Gasteiger partial charge on any atom is -0.440 e. The second-order valence-corrected chi connectivity index (χ2v) is 7.58. The van der Waals surface area contributed by atoms with Gasteiger partial charge in [-0.3, -0.25) is 10.1 Å². The van der Waals surface area contributed by atoms with Gasteiger partial charge in [0, 0.05) is 10.5 Å². The Bertz CT molecular complexity index is 1240. The Kier molecular flexibility index (Phi) is 7.91. The highest BCUT2D eigenvalue weighted by Crippen LogP contribution is 2.36. The molecule has 0 radical (unpaired) electrons. The zero-order valence-corrected chi connectivity index (χ0v) is 19.0. The summed E-state index contributed by atoms with van der Waals surface area (Å²) in [5.74, 6) is -1.27. The molecule has 0 fully saturated rings. The summed E-state index contributed by atoms with van der Waals surface area (Å²) >= 11 is 3.24. The van der Waals surface area contributed by atoms with Gasteiger partial charge in [-0.25, -0.2) is 5.43 Å². The van der Waals surface area contributed by atoms with Gasteiger partial charge in [0.15, 0.2) is 0 Å². The fraction of sp³-hybridized carbons (Fsp3) is 0.158. The second-order valence-electron chi connectivity index (χ2n) is 6.67. The third-order valence-corrected chi connectivity index (χ3v) is 4.56. The van der Waals surface area contributed by atoms with Gasteiger partial charge >= 0.3 is 18.4 Å². The van der Waals surface area contributed by atoms with Crippen LogP contribution in [0.4, 0.5) is 49.6 Å². The fourth-order valence-electron chi connectivity index (χ4n) is 2.51. The molecule has 0 unspecified atom stereocenters. The molecule has 0 aliphatic heterocycles. The summed E-state index contributed by atoms with van der Waals surface area (Å²) < 4.78 is 82.6. The third kappa shape index (κ3) is 7.24. The number of halogens is 7. The molecule has 190 valence electrons. The molecule has 3 aromatic rings. The first kappa shape index (κ1) is 26.6. The SMILES string of the molecule is O=[N+]([O-])c1ccccc1Nc1nc(N/N=C\c2ccc(Br)cc2)nc(OC(C(F)(F)F)C(F)(F)F)n1. The summed E-state index contributed by atoms with van der Waals surface area (Å²) in [6, 6.07) is 10.4. The van der Waals surface area contributed by atoms with Crippen LogP contribution < -0.4 is 15.5 Å². The minimum absolute atomic E-state index is 0.202. The first-order valence-corrected chi connectivity index (χ1v) is 10.2. The van der Waals surface area contributed by atoms with Crippen molar-refractivity contribution in [3.05, 3.63) is 68.7 Å². The summed E-state index contributed by atoms with van der Waals surface area (Å²) in [6.07, 6.45) is -14.7. The smallest absolute Gasteiger partial charge is 0.434 e. The van der Waals surface area contributed by atoms with Crippen LogP contribution in [0.25, 0.3) is 0 Å². The van der Waals surface area contributed by atoms with Crippen LogP contribution in [0.5, 0.6) is 6.01 Å². The standard InChI is InChI=1S/C19H12BrF6N7O3/c20-11-7-5-10(6-8-11)9-27-32-16-29-15(28-12-3-1-2-4-13(12)33(34)35)30-17(31-16)36-14(18(21,22)23)19(24,25)26/h1-9,14H,(H2,28,29,30,31,32)/b27-9-. The molecular formula is C19H12BrF6N7O3. The van der Waals surface area contributed by atoms with Crippen LogP contribution in [0.1, 0.15) is 5.56 Å². The number of benzene rings is 2. The third-order valence-electron chi connectivity index (χ3n) is 4.03. The number of hydrazone groups is 1. The molecule has 17 heteroatoms. The quantitative estimate of drug-likeness (QED) is 0.153. The van der Waals surface area contributed by atoms with E-state index < -0.39 is 47.0 Å². The van der Waals surface area contributed by atoms with E-state index in [4.69, 9.17) is 0 Å². The molecule has 0 amide bonds. The van der Waals surface area contributed by atoms with Gasteiger partial charge in [-0.2, -0.15) is 46.4 Å². The number of para-hydroxylation sites is 2. The van der Waals surface area contributed by atoms with E-state index in [1.54, 1.807) is 24.3 Å². The number of hydrogen-bond donors (Lipinski definition) is 2. The van der Waals surface area contributed by atoms with Crippen molar-refractivity contribution in [2.75, 3.05) is 10.7 Å². The zero-order chi connectivity index (χ0) is 26.5. The van der Waals surface area contributed by atoms with Crippen molar-refractivity contribution in [3.8, 4) is 6.01 Å². The van der Waals surface area contributed by atoms with E-state index in [2.05, 4.69) is 51.5 Å². The van der Waals surface area contributed by atoms with Crippen molar-refractivity contribution in [2.24, 2.45) is 5.10 Å². The maximum atomic E-state index is 13.0. The fourth-order valence-corrected chi connectivity index (χ4v) is 2.78. The number of nitrogens with zero attached hydrogens (tertiary/aromatic N) is 5. The van der Waals surface area contributed by atoms with E-state index >= 15 is 0 Å². The highest BCUT2D eigenvalue weighted by Gasteiger charge is 2.59. The molecule has 10 nitrogen and oxygen atoms in total. The number of nitro benzene ring substituents is 1. The van der Waals surface area contributed by atoms with Crippen LogP contribution in [0.3, 0.4) is 0 Å². The Balaban J connectivity index is 1.96. The maximum Gasteiger partial charge on any atom is 0.434 e. The summed E-state index contributed by atoms with van der Waals surface area (Å²) in [5.41, 5.74) is 2.15. The molecule has 1 heterocycles. The van der Waals surface area contributed by atoms with Crippen LogP contribution >= 0.6 is 15.9 Å². The van der Waals surface area contributed by atoms with E-state index in [-0.39, 0.29) is 5.69 Å². The number of hydrogen-bond acceptors (Lipinski definition) is 9. The largest absolute Gasteiger partial charge is 0.440 e. The molecule has 2 aromatic carbocycles. The van der Waals surface area contributed by atoms with Crippen LogP contribution in [-0.4, -0.2) is 44.5 Å². The van der Waals surface area contributed by atoms with Crippen molar-refractivity contribution in [1.82, 2.24) is 15.0 Å². The first-order chi connectivity index (χ1) is 16.8. The molecule has 0 atom stereocenters. The van der Waals surface area contributed by atoms with Crippen LogP contribution in [0, 0.1) is 10.1 Å². The van der Waals surface area contributed by atoms with E-state index in [9.17, 15) is 36.5 Å². The topological polar surface area (TPSA) is 127 Å². The summed E-state index contributed by atoms with van der Waals surface area (Å²) in [7, 11) is 0. The Labute approximate surface area is 205 Å². The number of aromatic nitrogens is 3. The molecule has 1 aromatic heterocycles. The normalized spacial score (nSPS) is 12.1. The van der Waals surface area contributed by atoms with Gasteiger partial charge in [0.05, 0.1) is 11.1 Å². The number of ether oxygens (including phenoxy) is 1. The average Bonchev–Trinajstić information content (AvgIpc) is 2.77. The predicted molar refractivity (Wildman–Crippen MR) is 118 cm³/mol. The van der Waals surface area contributed by atoms with Crippen molar-refractivity contribution in [2.45, 2.75) is 18.5 Å². The molecule has 2 N–H and O–H groups in total. The summed E-state index contributed by atoms with van der Waals surface area (Å²) in [4.78, 5) is 21.0. The van der Waals surface area contributed by atoms with Gasteiger partial charge in [0.1, 0.15) is 5.69 Å². The molecule has 3 rings (SSSR count). The van der Waals surface area contributed by atoms with Crippen molar-refractivity contribution in [1.29, 1.82) is 0 Å². The lowest BCUT2D eigenvalue weighted by molar-refractivity contribution is -0.383. The monoisotopic (exact) mass is 579 g/mol. The number of alkyl halides is 6. The molecule has 0 spiro atoms. The molecule has 36 heavy (non-hydrogen) atoms. The maximum absolute atomic E-state index is 13.0. The van der Waals surface area contributed by atoms with E-state index in [1.165, 1.54) is 24.4 Å². The lowest BCUT2D eigenvalue weighted by Crippen LogP contribution is -2.46. The van der Waals surface area contributed by atoms with Crippen LogP contribution in [-0.2, 0) is 0 Å². The first-order valence-electron chi connectivity index (χ1n) is 9.44. The Hall–Kier alpha value is -4.02. The van der Waals surface area contributed by atoms with Crippen LogP contribution in [0.2, 0.25) is 0 Å². The number of rotatable bonds is 8. The highest BCUT2D eigenvalue weighted by atomic mass is 79.9. The molecule has 0 saturated carbocycles. The Morgan fingerprint density at radius 2 is 1.58 bits per heavy atom. The predicted octanol–water partition coefficient (Wildman–Crippen LogP) is 5.60. The summed E-state index contributed by atoms with van der Waals surface area (Å²) in [6.45, 7) is 0. The number of nitrogens with one attached hydrogen (secondary N) is 2. The summed E-state index contributed by atoms with van der Waals surface area (Å²) in [5, 5.41) is 17.3. The van der Waals surface area contributed by atoms with Gasteiger partial charge in [-0.15, -0.1) is 0 Å². The average molecular weight is 580 g/mol. The van der Waals surface area contributed by atoms with E-state index in [1.807, 2.05) is 0 Å². The lowest BCUT2D eigenvalue weighted by Gasteiger charge is -2.22. The molecule has 0 saturated heterocycles. The Morgan fingerprint density at radius 1 is 0.972 bits per heavy atom. The Morgan fingerprint density at radius 3 is 2.19 bits per heavy atom. The molecule has 0 aliphatic rings. The lowest BCUT2D eigenvalue weighted by atomic mass is 10.2. The molecule has 0 aliphatic carbocycles. The van der Waals surface area contributed by atoms with Gasteiger partial charge < -0.3 is 10.1 Å². The van der Waals surface area contributed by atoms with Gasteiger partial charge in [-0.05, 0) is 23.8 Å². The van der Waals surface area contributed by atoms with E-state index in [0.29, 0.717) is 5.56 Å². The van der Waals surface area contributed by atoms with Gasteiger partial charge in [0.25, 0.3) is 17.7 Å². The number of anilines is 3. The molecule has 0 bridgehead atoms. The van der Waals surface area contributed by atoms with Crippen molar-refractivity contribution >= 4 is 45.4 Å². The van der Waals surface area contributed by atoms with Gasteiger partial charge in [0.2, 0.25) is 5.95 Å².